The molecule has 1 aromatic carbocycles. The highest BCUT2D eigenvalue weighted by Gasteiger charge is 2.16. The van der Waals surface area contributed by atoms with Gasteiger partial charge in [-0.1, -0.05) is 23.7 Å². The van der Waals surface area contributed by atoms with Crippen molar-refractivity contribution < 1.29 is 5.11 Å². The van der Waals surface area contributed by atoms with Gasteiger partial charge in [0.2, 0.25) is 0 Å². The molecule has 0 aliphatic heterocycles. The quantitative estimate of drug-likeness (QED) is 0.844. The van der Waals surface area contributed by atoms with Crippen LogP contribution in [0.5, 0.6) is 0 Å². The summed E-state index contributed by atoms with van der Waals surface area (Å²) < 4.78 is 2.57. The third kappa shape index (κ3) is 2.11. The fraction of sp³-hybridized carbons (Fsp3) is 0.364. The molecule has 0 unspecified atom stereocenters. The largest absolute Gasteiger partial charge is 0.389 e. The van der Waals surface area contributed by atoms with Gasteiger partial charge in [0.1, 0.15) is 0 Å². The average molecular weight is 223 g/mol. The fourth-order valence-corrected chi connectivity index (χ4v) is 2.67. The van der Waals surface area contributed by atoms with Crippen molar-refractivity contribution in [2.75, 3.05) is 0 Å². The molecule has 0 saturated heterocycles. The van der Waals surface area contributed by atoms with Crippen molar-refractivity contribution in [1.29, 1.82) is 0 Å². The van der Waals surface area contributed by atoms with Gasteiger partial charge in [-0.05, 0) is 26.0 Å². The monoisotopic (exact) mass is 223 g/mol. The van der Waals surface area contributed by atoms with Gasteiger partial charge in [0.05, 0.1) is 22.2 Å². The zero-order chi connectivity index (χ0) is 11.1. The van der Waals surface area contributed by atoms with Crippen molar-refractivity contribution in [3.05, 3.63) is 34.6 Å². The topological polar surface area (TPSA) is 42.2 Å². The number of nitrogens with zero attached hydrogens (tertiary/aromatic N) is 1. The third-order valence-corrected chi connectivity index (χ3v) is 3.15. The van der Waals surface area contributed by atoms with Crippen LogP contribution >= 0.6 is 11.5 Å². The van der Waals surface area contributed by atoms with Crippen LogP contribution in [0, 0.1) is 0 Å². The summed E-state index contributed by atoms with van der Waals surface area (Å²) in [5.74, 6) is 0. The molecular weight excluding hydrogens is 210 g/mol. The highest BCUT2D eigenvalue weighted by atomic mass is 32.1. The van der Waals surface area contributed by atoms with Gasteiger partial charge in [-0.25, -0.2) is 0 Å². The van der Waals surface area contributed by atoms with E-state index in [0.717, 1.165) is 10.1 Å². The summed E-state index contributed by atoms with van der Waals surface area (Å²) in [5, 5.41) is 10.4. The molecular formula is C11H13NO2S. The minimum Gasteiger partial charge on any atom is -0.389 e. The Bertz CT molecular complexity index is 533. The standard InChI is InChI=1S/C11H13NO2S/c1-11(2,14)7-12-10(13)8-5-3-4-6-9(8)15-12/h3-6,14H,7H2,1-2H3. The maximum absolute atomic E-state index is 11.9. The Hall–Kier alpha value is -1.13. The molecule has 1 heterocycles. The van der Waals surface area contributed by atoms with Crippen molar-refractivity contribution >= 4 is 21.6 Å². The smallest absolute Gasteiger partial charge is 0.268 e. The van der Waals surface area contributed by atoms with E-state index >= 15 is 0 Å². The maximum atomic E-state index is 11.9. The number of benzene rings is 1. The lowest BCUT2D eigenvalue weighted by Gasteiger charge is -2.15. The lowest BCUT2D eigenvalue weighted by Crippen LogP contribution is -2.29. The molecule has 2 rings (SSSR count). The summed E-state index contributed by atoms with van der Waals surface area (Å²) in [7, 11) is 0. The molecule has 0 amide bonds. The molecule has 0 atom stereocenters. The summed E-state index contributed by atoms with van der Waals surface area (Å²) in [5.41, 5.74) is -0.872. The minimum atomic E-state index is -0.856. The molecule has 3 nitrogen and oxygen atoms in total. The van der Waals surface area contributed by atoms with Gasteiger partial charge in [-0.3, -0.25) is 8.75 Å². The number of fused-ring (bicyclic) bond motifs is 1. The zero-order valence-electron chi connectivity index (χ0n) is 8.73. The van der Waals surface area contributed by atoms with Crippen molar-refractivity contribution in [3.63, 3.8) is 0 Å². The predicted molar refractivity (Wildman–Crippen MR) is 62.4 cm³/mol. The van der Waals surface area contributed by atoms with Gasteiger partial charge in [0.25, 0.3) is 5.56 Å². The molecule has 0 aliphatic rings. The van der Waals surface area contributed by atoms with E-state index in [1.807, 2.05) is 24.3 Å². The lowest BCUT2D eigenvalue weighted by atomic mass is 10.1. The highest BCUT2D eigenvalue weighted by molar-refractivity contribution is 7.13. The van der Waals surface area contributed by atoms with Crippen LogP contribution < -0.4 is 5.56 Å². The number of aromatic nitrogens is 1. The first-order valence-corrected chi connectivity index (χ1v) is 5.56. The predicted octanol–water partition coefficient (Wildman–Crippen LogP) is 1.83. The van der Waals surface area contributed by atoms with Gasteiger partial charge in [-0.15, -0.1) is 0 Å². The van der Waals surface area contributed by atoms with Crippen LogP contribution in [-0.2, 0) is 6.54 Å². The van der Waals surface area contributed by atoms with Crippen LogP contribution in [0.3, 0.4) is 0 Å². The number of aliphatic hydroxyl groups is 1. The van der Waals surface area contributed by atoms with E-state index in [1.54, 1.807) is 17.8 Å². The molecule has 1 aromatic heterocycles. The SMILES string of the molecule is CC(C)(O)Cn1sc2ccccc2c1=O. The van der Waals surface area contributed by atoms with Crippen LogP contribution in [0.1, 0.15) is 13.8 Å². The van der Waals surface area contributed by atoms with E-state index < -0.39 is 5.60 Å². The Labute approximate surface area is 91.7 Å². The second-order valence-electron chi connectivity index (χ2n) is 4.24. The second-order valence-corrected chi connectivity index (χ2v) is 5.30. The van der Waals surface area contributed by atoms with E-state index in [-0.39, 0.29) is 5.56 Å². The third-order valence-electron chi connectivity index (χ3n) is 2.08. The Morgan fingerprint density at radius 2 is 2.07 bits per heavy atom. The second kappa shape index (κ2) is 3.47. The molecule has 2 aromatic rings. The average Bonchev–Trinajstić information content (AvgIpc) is 2.42. The molecule has 15 heavy (non-hydrogen) atoms. The zero-order valence-corrected chi connectivity index (χ0v) is 9.54. The Kier molecular flexibility index (Phi) is 2.40. The van der Waals surface area contributed by atoms with E-state index in [0.29, 0.717) is 6.54 Å². The van der Waals surface area contributed by atoms with Crippen molar-refractivity contribution in [2.45, 2.75) is 26.0 Å². The molecule has 0 aliphatic carbocycles. The molecule has 80 valence electrons. The summed E-state index contributed by atoms with van der Waals surface area (Å²) in [4.78, 5) is 11.9. The van der Waals surface area contributed by atoms with E-state index in [4.69, 9.17) is 0 Å². The first kappa shape index (κ1) is 10.4. The Morgan fingerprint density at radius 3 is 2.67 bits per heavy atom. The van der Waals surface area contributed by atoms with E-state index in [1.165, 1.54) is 11.5 Å². The molecule has 0 radical (unpaired) electrons. The molecule has 0 bridgehead atoms. The molecule has 0 saturated carbocycles. The fourth-order valence-electron chi connectivity index (χ4n) is 1.47. The normalized spacial score (nSPS) is 12.2. The summed E-state index contributed by atoms with van der Waals surface area (Å²) in [6.07, 6.45) is 0. The van der Waals surface area contributed by atoms with E-state index in [9.17, 15) is 9.90 Å². The van der Waals surface area contributed by atoms with Crippen LogP contribution in [-0.4, -0.2) is 14.7 Å². The molecule has 1 N–H and O–H groups in total. The molecule has 0 fully saturated rings. The first-order valence-electron chi connectivity index (χ1n) is 4.79. The van der Waals surface area contributed by atoms with Crippen LogP contribution in [0.2, 0.25) is 0 Å². The Morgan fingerprint density at radius 1 is 1.40 bits per heavy atom. The van der Waals surface area contributed by atoms with Gasteiger partial charge < -0.3 is 5.11 Å². The van der Waals surface area contributed by atoms with Crippen LogP contribution in [0.25, 0.3) is 10.1 Å². The summed E-state index contributed by atoms with van der Waals surface area (Å²) in [6, 6.07) is 7.49. The van der Waals surface area contributed by atoms with E-state index in [2.05, 4.69) is 0 Å². The van der Waals surface area contributed by atoms with Gasteiger partial charge >= 0.3 is 0 Å². The molecule has 4 heteroatoms. The van der Waals surface area contributed by atoms with Gasteiger partial charge in [0, 0.05) is 0 Å². The van der Waals surface area contributed by atoms with Crippen molar-refractivity contribution in [2.24, 2.45) is 0 Å². The number of hydrogen-bond donors (Lipinski definition) is 1. The van der Waals surface area contributed by atoms with Crippen LogP contribution in [0.4, 0.5) is 0 Å². The van der Waals surface area contributed by atoms with Gasteiger partial charge in [-0.2, -0.15) is 0 Å². The number of rotatable bonds is 2. The number of hydrogen-bond acceptors (Lipinski definition) is 3. The minimum absolute atomic E-state index is 0.0160. The summed E-state index contributed by atoms with van der Waals surface area (Å²) in [6.45, 7) is 3.73. The maximum Gasteiger partial charge on any atom is 0.268 e. The lowest BCUT2D eigenvalue weighted by molar-refractivity contribution is 0.0639. The van der Waals surface area contributed by atoms with Crippen molar-refractivity contribution in [3.8, 4) is 0 Å². The van der Waals surface area contributed by atoms with Crippen LogP contribution in [0.15, 0.2) is 29.1 Å². The van der Waals surface area contributed by atoms with Gasteiger partial charge in [0.15, 0.2) is 0 Å². The highest BCUT2D eigenvalue weighted by Crippen LogP contribution is 2.17. The molecule has 0 spiro atoms. The Balaban J connectivity index is 2.54. The van der Waals surface area contributed by atoms with Crippen molar-refractivity contribution in [1.82, 2.24) is 3.96 Å². The summed E-state index contributed by atoms with van der Waals surface area (Å²) >= 11 is 1.39. The first-order chi connectivity index (χ1) is 6.97.